The zero-order valence-electron chi connectivity index (χ0n) is 12.5. The van der Waals surface area contributed by atoms with Gasteiger partial charge in [0.15, 0.2) is 0 Å². The highest BCUT2D eigenvalue weighted by Gasteiger charge is 2.46. The van der Waals surface area contributed by atoms with Crippen LogP contribution in [-0.2, 0) is 4.79 Å². The molecule has 5 nitrogen and oxygen atoms in total. The van der Waals surface area contributed by atoms with Crippen LogP contribution in [0.2, 0.25) is 0 Å². The van der Waals surface area contributed by atoms with Gasteiger partial charge < -0.3 is 15.4 Å². The number of carbonyl (C=O) groups excluding carboxylic acids is 1. The standard InChI is InChI=1S/C16H19N3O2S/c1-21-13-4-2-3-5-14(13)22-11-8-12(18-9-11)15(20)19-16(10-17)6-7-16/h2-5,11-12,18H,6-9H2,1H3,(H,19,20)/t11-,12+/m1/s1/i15+0. The molecule has 3 rings (SSSR count). The molecule has 1 aliphatic heterocycles. The van der Waals surface area contributed by atoms with Gasteiger partial charge in [-0.2, -0.15) is 5.26 Å². The van der Waals surface area contributed by atoms with E-state index in [-0.39, 0.29) is 11.9 Å². The number of nitrogens with one attached hydrogen (secondary N) is 2. The predicted molar refractivity (Wildman–Crippen MR) is 84.8 cm³/mol. The molecule has 2 N–H and O–H groups in total. The van der Waals surface area contributed by atoms with Gasteiger partial charge in [-0.1, -0.05) is 12.1 Å². The Kier molecular flexibility index (Phi) is 4.27. The average molecular weight is 317 g/mol. The zero-order valence-corrected chi connectivity index (χ0v) is 13.3. The fourth-order valence-electron chi connectivity index (χ4n) is 2.60. The van der Waals surface area contributed by atoms with E-state index in [0.717, 1.165) is 36.5 Å². The second kappa shape index (κ2) is 6.19. The van der Waals surface area contributed by atoms with Gasteiger partial charge >= 0.3 is 0 Å². The molecule has 1 aliphatic carbocycles. The van der Waals surface area contributed by atoms with E-state index in [1.54, 1.807) is 18.9 Å². The van der Waals surface area contributed by atoms with Gasteiger partial charge in [0, 0.05) is 16.7 Å². The third-order valence-electron chi connectivity index (χ3n) is 4.10. The molecule has 0 aromatic heterocycles. The lowest BCUT2D eigenvalue weighted by Crippen LogP contribution is -2.45. The van der Waals surface area contributed by atoms with Crippen LogP contribution in [0.15, 0.2) is 29.2 Å². The van der Waals surface area contributed by atoms with E-state index in [4.69, 9.17) is 10.00 Å². The number of para-hydroxylation sites is 1. The molecule has 0 spiro atoms. The van der Waals surface area contributed by atoms with Gasteiger partial charge in [0.2, 0.25) is 5.91 Å². The first-order valence-electron chi connectivity index (χ1n) is 7.42. The van der Waals surface area contributed by atoms with Crippen molar-refractivity contribution in [2.24, 2.45) is 0 Å². The number of thioether (sulfide) groups is 1. The highest BCUT2D eigenvalue weighted by molar-refractivity contribution is 8.00. The van der Waals surface area contributed by atoms with Crippen LogP contribution < -0.4 is 15.4 Å². The molecule has 1 saturated heterocycles. The number of hydrogen-bond acceptors (Lipinski definition) is 5. The maximum absolute atomic E-state index is 12.2. The SMILES string of the molecule is COc1ccccc1S[C@H]1CN[C@H]([12C](=O)NC2(C#N)CC2)C1. The van der Waals surface area contributed by atoms with Crippen LogP contribution in [-0.4, -0.2) is 36.4 Å². The Balaban J connectivity index is 1.56. The molecule has 0 unspecified atom stereocenters. The molecule has 116 valence electrons. The lowest BCUT2D eigenvalue weighted by atomic mass is 10.2. The zero-order chi connectivity index (χ0) is 15.6. The molecule has 0 radical (unpaired) electrons. The lowest BCUT2D eigenvalue weighted by Gasteiger charge is -2.14. The van der Waals surface area contributed by atoms with Crippen molar-refractivity contribution >= 4 is 17.7 Å². The fraction of sp³-hybridized carbons (Fsp3) is 0.500. The Bertz CT molecular complexity index is 610. The smallest absolute Gasteiger partial charge is 0.238 e. The summed E-state index contributed by atoms with van der Waals surface area (Å²) >= 11 is 1.73. The third-order valence-corrected chi connectivity index (χ3v) is 5.38. The number of nitriles is 1. The molecule has 1 amide bonds. The first-order chi connectivity index (χ1) is 10.7. The molecule has 1 saturated carbocycles. The van der Waals surface area contributed by atoms with Crippen LogP contribution in [0.5, 0.6) is 5.75 Å². The Morgan fingerprint density at radius 2 is 2.27 bits per heavy atom. The normalized spacial score (nSPS) is 25.3. The lowest BCUT2D eigenvalue weighted by molar-refractivity contribution is -0.123. The first-order valence-corrected chi connectivity index (χ1v) is 8.30. The van der Waals surface area contributed by atoms with Crippen molar-refractivity contribution in [1.82, 2.24) is 10.6 Å². The number of hydrogen-bond donors (Lipinski definition) is 2. The van der Waals surface area contributed by atoms with E-state index < -0.39 is 5.54 Å². The highest BCUT2D eigenvalue weighted by Crippen LogP contribution is 2.36. The first kappa shape index (κ1) is 15.2. The summed E-state index contributed by atoms with van der Waals surface area (Å²) in [6.07, 6.45) is 2.29. The summed E-state index contributed by atoms with van der Waals surface area (Å²) in [5.41, 5.74) is -0.591. The summed E-state index contributed by atoms with van der Waals surface area (Å²) in [5, 5.41) is 15.5. The van der Waals surface area contributed by atoms with Crippen LogP contribution in [0, 0.1) is 11.3 Å². The molecule has 1 heterocycles. The van der Waals surface area contributed by atoms with Crippen LogP contribution in [0.4, 0.5) is 0 Å². The molecular formula is C16H19N3O2S. The molecule has 1 aromatic rings. The Morgan fingerprint density at radius 1 is 1.50 bits per heavy atom. The Hall–Kier alpha value is -1.71. The van der Waals surface area contributed by atoms with Gasteiger partial charge in [-0.3, -0.25) is 4.79 Å². The Labute approximate surface area is 134 Å². The van der Waals surface area contributed by atoms with Gasteiger partial charge in [-0.15, -0.1) is 11.8 Å². The van der Waals surface area contributed by atoms with Crippen molar-refractivity contribution in [2.75, 3.05) is 13.7 Å². The van der Waals surface area contributed by atoms with Crippen molar-refractivity contribution < 1.29 is 9.53 Å². The fourth-order valence-corrected chi connectivity index (χ4v) is 3.85. The minimum Gasteiger partial charge on any atom is -0.496 e. The second-order valence-corrected chi connectivity index (χ2v) is 7.11. The number of carbonyl (C=O) groups is 1. The minimum absolute atomic E-state index is 0.0535. The molecule has 2 fully saturated rings. The number of benzene rings is 1. The van der Waals surface area contributed by atoms with Gasteiger partial charge in [0.1, 0.15) is 11.3 Å². The average Bonchev–Trinajstić information content (AvgIpc) is 3.15. The van der Waals surface area contributed by atoms with Crippen LogP contribution in [0.25, 0.3) is 0 Å². The summed E-state index contributed by atoms with van der Waals surface area (Å²) in [5.74, 6) is 0.809. The van der Waals surface area contributed by atoms with Crippen LogP contribution >= 0.6 is 11.8 Å². The maximum Gasteiger partial charge on any atom is 0.238 e. The quantitative estimate of drug-likeness (QED) is 0.864. The molecule has 2 atom stereocenters. The van der Waals surface area contributed by atoms with Crippen molar-refractivity contribution in [3.63, 3.8) is 0 Å². The number of ether oxygens (including phenoxy) is 1. The van der Waals surface area contributed by atoms with Gasteiger partial charge in [-0.25, -0.2) is 0 Å². The maximum atomic E-state index is 12.2. The van der Waals surface area contributed by atoms with E-state index >= 15 is 0 Å². The minimum atomic E-state index is -0.591. The monoisotopic (exact) mass is 317 g/mol. The largest absolute Gasteiger partial charge is 0.496 e. The molecular weight excluding hydrogens is 298 g/mol. The van der Waals surface area contributed by atoms with Crippen molar-refractivity contribution in [1.29, 1.82) is 5.26 Å². The van der Waals surface area contributed by atoms with E-state index in [1.165, 1.54) is 0 Å². The molecule has 6 heteroatoms. The van der Waals surface area contributed by atoms with E-state index in [1.807, 2.05) is 24.3 Å². The Morgan fingerprint density at radius 3 is 2.95 bits per heavy atom. The molecule has 2 aliphatic rings. The summed E-state index contributed by atoms with van der Waals surface area (Å²) in [6.45, 7) is 0.778. The second-order valence-electron chi connectivity index (χ2n) is 5.77. The summed E-state index contributed by atoms with van der Waals surface area (Å²) in [6, 6.07) is 9.89. The van der Waals surface area contributed by atoms with E-state index in [9.17, 15) is 4.79 Å². The predicted octanol–water partition coefficient (Wildman–Crippen LogP) is 1.69. The number of methoxy groups -OCH3 is 1. The molecule has 0 bridgehead atoms. The summed E-state index contributed by atoms with van der Waals surface area (Å²) < 4.78 is 5.36. The molecule has 22 heavy (non-hydrogen) atoms. The highest BCUT2D eigenvalue weighted by atomic mass is 32.2. The van der Waals surface area contributed by atoms with E-state index in [0.29, 0.717) is 5.25 Å². The third kappa shape index (κ3) is 3.21. The van der Waals surface area contributed by atoms with Crippen molar-refractivity contribution in [2.45, 2.75) is 41.0 Å². The van der Waals surface area contributed by atoms with Gasteiger partial charge in [-0.05, 0) is 31.4 Å². The van der Waals surface area contributed by atoms with Crippen molar-refractivity contribution in [3.05, 3.63) is 24.3 Å². The summed E-state index contributed by atoms with van der Waals surface area (Å²) in [4.78, 5) is 13.3. The molecule has 1 aromatic carbocycles. The van der Waals surface area contributed by atoms with Crippen LogP contribution in [0.3, 0.4) is 0 Å². The number of amides is 1. The topological polar surface area (TPSA) is 74.2 Å². The number of rotatable bonds is 5. The van der Waals surface area contributed by atoms with Crippen molar-refractivity contribution in [3.8, 4) is 11.8 Å². The van der Waals surface area contributed by atoms with Gasteiger partial charge in [0.05, 0.1) is 19.2 Å². The number of nitrogens with zero attached hydrogens (tertiary/aromatic N) is 1. The van der Waals surface area contributed by atoms with E-state index in [2.05, 4.69) is 16.7 Å². The summed E-state index contributed by atoms with van der Waals surface area (Å²) in [7, 11) is 1.67. The van der Waals surface area contributed by atoms with Gasteiger partial charge in [0.25, 0.3) is 0 Å². The van der Waals surface area contributed by atoms with Crippen LogP contribution in [0.1, 0.15) is 19.3 Å².